The summed E-state index contributed by atoms with van der Waals surface area (Å²) in [5.74, 6) is 0. The number of nitrogens with one attached hydrogen (secondary N) is 2. The van der Waals surface area contributed by atoms with Crippen molar-refractivity contribution >= 4 is 32.3 Å². The molecule has 0 amide bonds. The highest BCUT2D eigenvalue weighted by Gasteiger charge is 2.17. The molecule has 3 rings (SSSR count). The topological polar surface area (TPSA) is 88.0 Å². The minimum absolute atomic E-state index is 0.143. The van der Waals surface area contributed by atoms with Crippen molar-refractivity contribution in [3.8, 4) is 0 Å². The third-order valence-corrected chi connectivity index (χ3v) is 5.02. The number of aromatic amines is 1. The van der Waals surface area contributed by atoms with Gasteiger partial charge in [-0.15, -0.1) is 0 Å². The van der Waals surface area contributed by atoms with E-state index in [1.54, 1.807) is 18.2 Å². The molecule has 0 unspecified atom stereocenters. The van der Waals surface area contributed by atoms with Crippen molar-refractivity contribution in [2.45, 2.75) is 18.7 Å². The van der Waals surface area contributed by atoms with Crippen molar-refractivity contribution in [1.29, 1.82) is 0 Å². The summed E-state index contributed by atoms with van der Waals surface area (Å²) >= 11 is 0. The third-order valence-electron chi connectivity index (χ3n) is 3.65. The highest BCUT2D eigenvalue weighted by molar-refractivity contribution is 7.92. The van der Waals surface area contributed by atoms with E-state index < -0.39 is 10.0 Å². The molecule has 2 aromatic carbocycles. The highest BCUT2D eigenvalue weighted by Crippen LogP contribution is 2.29. The number of hydrogen-bond donors (Lipinski definition) is 3. The Bertz CT molecular complexity index is 959. The normalized spacial score (nSPS) is 11.7. The Morgan fingerprint density at radius 1 is 1.09 bits per heavy atom. The van der Waals surface area contributed by atoms with Crippen LogP contribution in [0.3, 0.4) is 0 Å². The van der Waals surface area contributed by atoms with E-state index in [2.05, 4.69) is 9.71 Å². The first-order chi connectivity index (χ1) is 10.4. The van der Waals surface area contributed by atoms with E-state index in [1.165, 1.54) is 12.1 Å². The molecule has 1 aromatic heterocycles. The van der Waals surface area contributed by atoms with E-state index in [0.717, 1.165) is 22.0 Å². The zero-order chi connectivity index (χ0) is 15.9. The lowest BCUT2D eigenvalue weighted by Gasteiger charge is -2.11. The molecular formula is C16H17N3O2S. The first-order valence-electron chi connectivity index (χ1n) is 6.84. The van der Waals surface area contributed by atoms with Crippen LogP contribution < -0.4 is 10.5 Å². The first kappa shape index (κ1) is 14.5. The van der Waals surface area contributed by atoms with Crippen LogP contribution in [0.25, 0.3) is 10.9 Å². The van der Waals surface area contributed by atoms with E-state index in [4.69, 9.17) is 5.73 Å². The number of anilines is 2. The molecule has 6 heteroatoms. The fraction of sp³-hybridized carbons (Fsp3) is 0.125. The minimum Gasteiger partial charge on any atom is -0.399 e. The van der Waals surface area contributed by atoms with Crippen LogP contribution in [-0.4, -0.2) is 13.4 Å². The maximum Gasteiger partial charge on any atom is 0.262 e. The molecule has 22 heavy (non-hydrogen) atoms. The molecule has 0 aliphatic carbocycles. The summed E-state index contributed by atoms with van der Waals surface area (Å²) in [6, 6.07) is 9.89. The lowest BCUT2D eigenvalue weighted by Crippen LogP contribution is -2.13. The number of sulfonamides is 1. The minimum atomic E-state index is -3.68. The fourth-order valence-corrected chi connectivity index (χ4v) is 3.71. The average Bonchev–Trinajstić information content (AvgIpc) is 2.85. The Balaban J connectivity index is 2.09. The van der Waals surface area contributed by atoms with Gasteiger partial charge in [0, 0.05) is 17.3 Å². The second kappa shape index (κ2) is 5.06. The summed E-state index contributed by atoms with van der Waals surface area (Å²) < 4.78 is 27.6. The Morgan fingerprint density at radius 3 is 2.59 bits per heavy atom. The van der Waals surface area contributed by atoms with Gasteiger partial charge in [0.1, 0.15) is 0 Å². The van der Waals surface area contributed by atoms with Crippen LogP contribution in [0.2, 0.25) is 0 Å². The van der Waals surface area contributed by atoms with Gasteiger partial charge in [-0.2, -0.15) is 0 Å². The molecule has 4 N–H and O–H groups in total. The highest BCUT2D eigenvalue weighted by atomic mass is 32.2. The lowest BCUT2D eigenvalue weighted by molar-refractivity contribution is 0.601. The standard InChI is InChI=1S/C16H17N3O2S/c1-10-6-7-14(16-15(10)11(2)9-18-16)19-22(20,21)13-5-3-4-12(17)8-13/h3-9,18-19H,17H2,1-2H3. The van der Waals surface area contributed by atoms with Gasteiger partial charge in [-0.25, -0.2) is 8.42 Å². The predicted octanol–water partition coefficient (Wildman–Crippen LogP) is 3.17. The molecule has 0 bridgehead atoms. The molecule has 1 heterocycles. The molecule has 0 fully saturated rings. The van der Waals surface area contributed by atoms with Gasteiger partial charge in [0.2, 0.25) is 0 Å². The van der Waals surface area contributed by atoms with Crippen molar-refractivity contribution in [3.05, 3.63) is 53.7 Å². The van der Waals surface area contributed by atoms with Gasteiger partial charge in [-0.05, 0) is 49.2 Å². The molecular weight excluding hydrogens is 298 g/mol. The maximum absolute atomic E-state index is 12.5. The third kappa shape index (κ3) is 2.42. The SMILES string of the molecule is Cc1ccc(NS(=O)(=O)c2cccc(N)c2)c2[nH]cc(C)c12. The van der Waals surface area contributed by atoms with E-state index in [0.29, 0.717) is 11.4 Å². The summed E-state index contributed by atoms with van der Waals surface area (Å²) in [7, 11) is -3.68. The number of nitrogens with two attached hydrogens (primary N) is 1. The number of nitrogen functional groups attached to an aromatic ring is 1. The molecule has 0 atom stereocenters. The van der Waals surface area contributed by atoms with Crippen molar-refractivity contribution in [3.63, 3.8) is 0 Å². The predicted molar refractivity (Wildman–Crippen MR) is 89.4 cm³/mol. The van der Waals surface area contributed by atoms with Crippen LogP contribution in [0, 0.1) is 13.8 Å². The Hall–Kier alpha value is -2.47. The monoisotopic (exact) mass is 315 g/mol. The number of aromatic nitrogens is 1. The van der Waals surface area contributed by atoms with Crippen LogP contribution in [0.4, 0.5) is 11.4 Å². The van der Waals surface area contributed by atoms with E-state index in [-0.39, 0.29) is 4.90 Å². The molecule has 0 aliphatic heterocycles. The molecule has 0 radical (unpaired) electrons. The van der Waals surface area contributed by atoms with E-state index in [9.17, 15) is 8.42 Å². The van der Waals surface area contributed by atoms with Crippen LogP contribution in [-0.2, 0) is 10.0 Å². The van der Waals surface area contributed by atoms with E-state index in [1.807, 2.05) is 26.1 Å². The van der Waals surface area contributed by atoms with E-state index >= 15 is 0 Å². The van der Waals surface area contributed by atoms with Crippen molar-refractivity contribution in [1.82, 2.24) is 4.98 Å². The molecule has 3 aromatic rings. The van der Waals surface area contributed by atoms with Gasteiger partial charge in [-0.1, -0.05) is 12.1 Å². The quantitative estimate of drug-likeness (QED) is 0.649. The largest absolute Gasteiger partial charge is 0.399 e. The summed E-state index contributed by atoms with van der Waals surface area (Å²) in [6.45, 7) is 3.99. The van der Waals surface area contributed by atoms with Crippen molar-refractivity contribution in [2.75, 3.05) is 10.5 Å². The van der Waals surface area contributed by atoms with Gasteiger partial charge in [0.05, 0.1) is 16.1 Å². The molecule has 0 saturated heterocycles. The van der Waals surface area contributed by atoms with Crippen LogP contribution in [0.1, 0.15) is 11.1 Å². The second-order valence-electron chi connectivity index (χ2n) is 5.33. The fourth-order valence-electron chi connectivity index (χ4n) is 2.59. The maximum atomic E-state index is 12.5. The van der Waals surface area contributed by atoms with Crippen LogP contribution >= 0.6 is 0 Å². The molecule has 0 spiro atoms. The molecule has 0 aliphatic rings. The van der Waals surface area contributed by atoms with Crippen molar-refractivity contribution in [2.24, 2.45) is 0 Å². The second-order valence-corrected chi connectivity index (χ2v) is 7.01. The van der Waals surface area contributed by atoms with Crippen molar-refractivity contribution < 1.29 is 8.42 Å². The molecule has 114 valence electrons. The van der Waals surface area contributed by atoms with Gasteiger partial charge in [-0.3, -0.25) is 4.72 Å². The van der Waals surface area contributed by atoms with Crippen LogP contribution in [0.15, 0.2) is 47.5 Å². The summed E-state index contributed by atoms with van der Waals surface area (Å²) in [4.78, 5) is 3.27. The number of rotatable bonds is 3. The zero-order valence-electron chi connectivity index (χ0n) is 12.3. The Morgan fingerprint density at radius 2 is 1.86 bits per heavy atom. The Labute approximate surface area is 129 Å². The first-order valence-corrected chi connectivity index (χ1v) is 8.32. The number of fused-ring (bicyclic) bond motifs is 1. The number of benzene rings is 2. The molecule has 0 saturated carbocycles. The summed E-state index contributed by atoms with van der Waals surface area (Å²) in [6.07, 6.45) is 1.87. The summed E-state index contributed by atoms with van der Waals surface area (Å²) in [5, 5.41) is 1.03. The van der Waals surface area contributed by atoms with Gasteiger partial charge in [0.15, 0.2) is 0 Å². The Kier molecular flexibility index (Phi) is 3.33. The average molecular weight is 315 g/mol. The number of H-pyrrole nitrogens is 1. The van der Waals surface area contributed by atoms with Gasteiger partial charge >= 0.3 is 0 Å². The smallest absolute Gasteiger partial charge is 0.262 e. The lowest BCUT2D eigenvalue weighted by atomic mass is 10.1. The number of aryl methyl sites for hydroxylation is 2. The van der Waals surface area contributed by atoms with Crippen LogP contribution in [0.5, 0.6) is 0 Å². The molecule has 5 nitrogen and oxygen atoms in total. The summed E-state index contributed by atoms with van der Waals surface area (Å²) in [5.41, 5.74) is 9.56. The number of hydrogen-bond acceptors (Lipinski definition) is 3. The van der Waals surface area contributed by atoms with Gasteiger partial charge in [0.25, 0.3) is 10.0 Å². The zero-order valence-corrected chi connectivity index (χ0v) is 13.2. The van der Waals surface area contributed by atoms with Gasteiger partial charge < -0.3 is 10.7 Å².